The number of aryl methyl sites for hydroxylation is 2. The van der Waals surface area contributed by atoms with Gasteiger partial charge >= 0.3 is 0 Å². The number of amides is 1. The van der Waals surface area contributed by atoms with Gasteiger partial charge in [-0.1, -0.05) is 71.9 Å². The van der Waals surface area contributed by atoms with Crippen molar-refractivity contribution < 1.29 is 4.79 Å². The first-order valence-electron chi connectivity index (χ1n) is 11.0. The molecule has 1 atom stereocenters. The molecule has 0 aliphatic rings. The van der Waals surface area contributed by atoms with Gasteiger partial charge < -0.3 is 9.88 Å². The Hall–Kier alpha value is -2.90. The highest BCUT2D eigenvalue weighted by Gasteiger charge is 2.20. The lowest BCUT2D eigenvalue weighted by Crippen LogP contribution is -2.28. The molecule has 2 aromatic heterocycles. The van der Waals surface area contributed by atoms with Crippen LogP contribution in [0.1, 0.15) is 35.9 Å². The van der Waals surface area contributed by atoms with Gasteiger partial charge in [-0.25, -0.2) is 0 Å². The number of nitrogens with zero attached hydrogens (tertiary/aromatic N) is 3. The number of carbonyl (C=O) groups is 1. The molecule has 0 fully saturated rings. The van der Waals surface area contributed by atoms with Crippen LogP contribution < -0.4 is 5.32 Å². The minimum atomic E-state index is -0.0373. The van der Waals surface area contributed by atoms with Crippen molar-refractivity contribution in [2.24, 2.45) is 0 Å². The van der Waals surface area contributed by atoms with Crippen LogP contribution in [0.5, 0.6) is 0 Å². The summed E-state index contributed by atoms with van der Waals surface area (Å²) in [7, 11) is 0. The summed E-state index contributed by atoms with van der Waals surface area (Å²) in [5.41, 5.74) is 5.80. The largest absolute Gasteiger partial charge is 0.349 e. The highest BCUT2D eigenvalue weighted by atomic mass is 32.2. The van der Waals surface area contributed by atoms with Crippen LogP contribution >= 0.6 is 23.1 Å². The molecule has 0 spiro atoms. The third-order valence-electron chi connectivity index (χ3n) is 5.60. The maximum Gasteiger partial charge on any atom is 0.230 e. The van der Waals surface area contributed by atoms with Crippen LogP contribution in [-0.4, -0.2) is 26.4 Å². The summed E-state index contributed by atoms with van der Waals surface area (Å²) in [6, 6.07) is 18.5. The normalized spacial score (nSPS) is 12.0. The van der Waals surface area contributed by atoms with Crippen LogP contribution in [0.2, 0.25) is 0 Å². The lowest BCUT2D eigenvalue weighted by atomic mass is 10.0. The molecule has 1 N–H and O–H groups in total. The molecule has 170 valence electrons. The number of benzene rings is 2. The standard InChI is InChI=1S/C26H28N4OS2/c1-5-30-25(22-15-32-19(4)24(22)21-13-11-17(2)12-14-21)28-29-26(30)33-16-23(31)27-18(3)20-9-7-6-8-10-20/h6-15,18H,5,16H2,1-4H3,(H,27,31). The van der Waals surface area contributed by atoms with E-state index in [1.54, 1.807) is 11.3 Å². The van der Waals surface area contributed by atoms with Crippen molar-refractivity contribution in [3.8, 4) is 22.5 Å². The summed E-state index contributed by atoms with van der Waals surface area (Å²) >= 11 is 3.15. The molecular formula is C26H28N4OS2. The first-order chi connectivity index (χ1) is 16.0. The van der Waals surface area contributed by atoms with Crippen molar-refractivity contribution in [1.29, 1.82) is 0 Å². The van der Waals surface area contributed by atoms with Crippen molar-refractivity contribution in [2.75, 3.05) is 5.75 Å². The second-order valence-corrected chi connectivity index (χ2v) is 10.0. The van der Waals surface area contributed by atoms with Crippen molar-refractivity contribution in [2.45, 2.75) is 45.4 Å². The molecular weight excluding hydrogens is 448 g/mol. The van der Waals surface area contributed by atoms with E-state index in [0.29, 0.717) is 5.75 Å². The summed E-state index contributed by atoms with van der Waals surface area (Å²) < 4.78 is 2.09. The fraction of sp³-hybridized carbons (Fsp3) is 0.269. The van der Waals surface area contributed by atoms with Gasteiger partial charge in [-0.05, 0) is 38.8 Å². The second kappa shape index (κ2) is 10.4. The van der Waals surface area contributed by atoms with Gasteiger partial charge in [0.1, 0.15) is 0 Å². The van der Waals surface area contributed by atoms with E-state index in [9.17, 15) is 4.79 Å². The average Bonchev–Trinajstić information content (AvgIpc) is 3.41. The average molecular weight is 477 g/mol. The minimum absolute atomic E-state index is 0.0183. The smallest absolute Gasteiger partial charge is 0.230 e. The molecule has 0 aliphatic carbocycles. The highest BCUT2D eigenvalue weighted by molar-refractivity contribution is 7.99. The maximum atomic E-state index is 12.6. The first kappa shape index (κ1) is 23.3. The first-order valence-corrected chi connectivity index (χ1v) is 12.9. The number of hydrogen-bond donors (Lipinski definition) is 1. The molecule has 0 aliphatic heterocycles. The van der Waals surface area contributed by atoms with Gasteiger partial charge in [-0.2, -0.15) is 0 Å². The molecule has 1 unspecified atom stereocenters. The quantitative estimate of drug-likeness (QED) is 0.304. The van der Waals surface area contributed by atoms with Gasteiger partial charge in [0.05, 0.1) is 11.8 Å². The number of carbonyl (C=O) groups excluding carboxylic acids is 1. The SMILES string of the molecule is CCn1c(SCC(=O)NC(C)c2ccccc2)nnc1-c1csc(C)c1-c1ccc(C)cc1. The molecule has 0 saturated heterocycles. The van der Waals surface area contributed by atoms with Crippen molar-refractivity contribution >= 4 is 29.0 Å². The molecule has 1 amide bonds. The Morgan fingerprint density at radius 2 is 1.82 bits per heavy atom. The van der Waals surface area contributed by atoms with Crippen molar-refractivity contribution in [3.63, 3.8) is 0 Å². The lowest BCUT2D eigenvalue weighted by Gasteiger charge is -2.14. The predicted octanol–water partition coefficient (Wildman–Crippen LogP) is 6.28. The van der Waals surface area contributed by atoms with E-state index < -0.39 is 0 Å². The van der Waals surface area contributed by atoms with E-state index >= 15 is 0 Å². The van der Waals surface area contributed by atoms with Gasteiger partial charge in [-0.3, -0.25) is 4.79 Å². The molecule has 4 rings (SSSR count). The zero-order chi connectivity index (χ0) is 23.4. The number of thiophene rings is 1. The lowest BCUT2D eigenvalue weighted by molar-refractivity contribution is -0.119. The highest BCUT2D eigenvalue weighted by Crippen LogP contribution is 2.39. The zero-order valence-corrected chi connectivity index (χ0v) is 21.0. The fourth-order valence-corrected chi connectivity index (χ4v) is 5.49. The maximum absolute atomic E-state index is 12.6. The molecule has 4 aromatic rings. The Labute approximate surface area is 203 Å². The summed E-state index contributed by atoms with van der Waals surface area (Å²) in [6.45, 7) is 9.05. The Balaban J connectivity index is 1.51. The van der Waals surface area contributed by atoms with Crippen LogP contribution in [0.25, 0.3) is 22.5 Å². The third-order valence-corrected chi connectivity index (χ3v) is 7.48. The monoisotopic (exact) mass is 476 g/mol. The third kappa shape index (κ3) is 5.20. The Morgan fingerprint density at radius 1 is 1.09 bits per heavy atom. The summed E-state index contributed by atoms with van der Waals surface area (Å²) in [6.07, 6.45) is 0. The van der Waals surface area contributed by atoms with Crippen LogP contribution in [0.4, 0.5) is 0 Å². The summed E-state index contributed by atoms with van der Waals surface area (Å²) in [4.78, 5) is 13.8. The van der Waals surface area contributed by atoms with Gasteiger partial charge in [0, 0.05) is 27.9 Å². The van der Waals surface area contributed by atoms with Crippen LogP contribution in [0.3, 0.4) is 0 Å². The van der Waals surface area contributed by atoms with Crippen molar-refractivity contribution in [3.05, 3.63) is 76.0 Å². The molecule has 33 heavy (non-hydrogen) atoms. The number of rotatable bonds is 8. The molecule has 5 nitrogen and oxygen atoms in total. The van der Waals surface area contributed by atoms with Crippen LogP contribution in [0.15, 0.2) is 65.1 Å². The molecule has 2 heterocycles. The van der Waals surface area contributed by atoms with E-state index in [2.05, 4.69) is 70.5 Å². The zero-order valence-electron chi connectivity index (χ0n) is 19.3. The summed E-state index contributed by atoms with van der Waals surface area (Å²) in [5, 5.41) is 14.9. The van der Waals surface area contributed by atoms with E-state index in [1.165, 1.54) is 33.3 Å². The number of aromatic nitrogens is 3. The topological polar surface area (TPSA) is 59.8 Å². The van der Waals surface area contributed by atoms with E-state index in [0.717, 1.165) is 28.7 Å². The molecule has 7 heteroatoms. The van der Waals surface area contributed by atoms with E-state index in [4.69, 9.17) is 0 Å². The predicted molar refractivity (Wildman–Crippen MR) is 138 cm³/mol. The van der Waals surface area contributed by atoms with Gasteiger partial charge in [0.25, 0.3) is 0 Å². The van der Waals surface area contributed by atoms with Gasteiger partial charge in [-0.15, -0.1) is 21.5 Å². The van der Waals surface area contributed by atoms with E-state index in [1.807, 2.05) is 37.3 Å². The van der Waals surface area contributed by atoms with Gasteiger partial charge in [0.15, 0.2) is 11.0 Å². The van der Waals surface area contributed by atoms with Crippen LogP contribution in [0, 0.1) is 13.8 Å². The van der Waals surface area contributed by atoms with Crippen LogP contribution in [-0.2, 0) is 11.3 Å². The fourth-order valence-electron chi connectivity index (χ4n) is 3.82. The second-order valence-electron chi connectivity index (χ2n) is 7.99. The Morgan fingerprint density at radius 3 is 2.52 bits per heavy atom. The molecule has 0 saturated carbocycles. The van der Waals surface area contributed by atoms with E-state index in [-0.39, 0.29) is 11.9 Å². The number of hydrogen-bond acceptors (Lipinski definition) is 5. The summed E-state index contributed by atoms with van der Waals surface area (Å²) in [5.74, 6) is 1.12. The number of nitrogens with one attached hydrogen (secondary N) is 1. The molecule has 0 radical (unpaired) electrons. The van der Waals surface area contributed by atoms with Gasteiger partial charge in [0.2, 0.25) is 5.91 Å². The van der Waals surface area contributed by atoms with Crippen molar-refractivity contribution in [1.82, 2.24) is 20.1 Å². The molecule has 2 aromatic carbocycles. The molecule has 0 bridgehead atoms. The minimum Gasteiger partial charge on any atom is -0.349 e. The Bertz CT molecular complexity index is 1230. The number of thioether (sulfide) groups is 1. The Kier molecular flexibility index (Phi) is 7.30.